The zero-order chi connectivity index (χ0) is 12.0. The number of benzene rings is 1. The standard InChI is InChI=1S/C11H17N3O2/c1-14(7-8-16-2)10-6-4-3-5-9(10)11(12)13-15/h3-6,15H,7-8H2,1-2H3,(H2,12,13). The third kappa shape index (κ3) is 2.87. The Hall–Kier alpha value is -1.75. The van der Waals surface area contributed by atoms with Crippen LogP contribution in [0.1, 0.15) is 5.56 Å². The molecule has 1 aromatic carbocycles. The molecule has 0 aliphatic rings. The van der Waals surface area contributed by atoms with Crippen molar-refractivity contribution < 1.29 is 9.94 Å². The molecule has 16 heavy (non-hydrogen) atoms. The fraction of sp³-hybridized carbons (Fsp3) is 0.364. The van der Waals surface area contributed by atoms with Crippen molar-refractivity contribution in [2.45, 2.75) is 0 Å². The van der Waals surface area contributed by atoms with Crippen LogP contribution in [0.3, 0.4) is 0 Å². The van der Waals surface area contributed by atoms with Crippen molar-refractivity contribution in [2.24, 2.45) is 10.9 Å². The van der Waals surface area contributed by atoms with Crippen LogP contribution in [0.15, 0.2) is 29.4 Å². The molecule has 0 atom stereocenters. The number of hydrogen-bond acceptors (Lipinski definition) is 4. The second kappa shape index (κ2) is 5.97. The SMILES string of the molecule is COCCN(C)c1ccccc1/C(N)=N/O. The van der Waals surface area contributed by atoms with E-state index in [9.17, 15) is 0 Å². The maximum absolute atomic E-state index is 8.69. The van der Waals surface area contributed by atoms with Crippen LogP contribution < -0.4 is 10.6 Å². The highest BCUT2D eigenvalue weighted by molar-refractivity contribution is 6.02. The number of rotatable bonds is 5. The monoisotopic (exact) mass is 223 g/mol. The smallest absolute Gasteiger partial charge is 0.172 e. The second-order valence-corrected chi connectivity index (χ2v) is 3.42. The Labute approximate surface area is 95.1 Å². The van der Waals surface area contributed by atoms with Crippen LogP contribution in [0, 0.1) is 0 Å². The van der Waals surface area contributed by atoms with Crippen LogP contribution in [-0.2, 0) is 4.74 Å². The van der Waals surface area contributed by atoms with Crippen molar-refractivity contribution in [3.63, 3.8) is 0 Å². The van der Waals surface area contributed by atoms with E-state index in [1.54, 1.807) is 7.11 Å². The topological polar surface area (TPSA) is 71.1 Å². The maximum atomic E-state index is 8.69. The van der Waals surface area contributed by atoms with Gasteiger partial charge in [0, 0.05) is 32.0 Å². The van der Waals surface area contributed by atoms with E-state index in [-0.39, 0.29) is 5.84 Å². The first-order chi connectivity index (χ1) is 7.70. The Bertz CT molecular complexity index is 366. The first-order valence-corrected chi connectivity index (χ1v) is 4.97. The van der Waals surface area contributed by atoms with Crippen molar-refractivity contribution in [2.75, 3.05) is 32.2 Å². The molecule has 0 aliphatic carbocycles. The predicted octanol–water partition coefficient (Wildman–Crippen LogP) is 0.864. The highest BCUT2D eigenvalue weighted by atomic mass is 16.5. The summed E-state index contributed by atoms with van der Waals surface area (Å²) < 4.78 is 5.01. The highest BCUT2D eigenvalue weighted by Gasteiger charge is 2.09. The first kappa shape index (κ1) is 12.3. The second-order valence-electron chi connectivity index (χ2n) is 3.42. The van der Waals surface area contributed by atoms with Crippen molar-refractivity contribution in [1.29, 1.82) is 0 Å². The molecule has 1 aromatic rings. The van der Waals surface area contributed by atoms with E-state index in [0.29, 0.717) is 12.2 Å². The van der Waals surface area contributed by atoms with E-state index in [0.717, 1.165) is 12.2 Å². The summed E-state index contributed by atoms with van der Waals surface area (Å²) in [7, 11) is 3.59. The van der Waals surface area contributed by atoms with Gasteiger partial charge in [0.15, 0.2) is 5.84 Å². The van der Waals surface area contributed by atoms with Gasteiger partial charge in [0.05, 0.1) is 6.61 Å². The fourth-order valence-corrected chi connectivity index (χ4v) is 1.43. The lowest BCUT2D eigenvalue weighted by atomic mass is 10.1. The largest absolute Gasteiger partial charge is 0.409 e. The van der Waals surface area contributed by atoms with Gasteiger partial charge in [0.2, 0.25) is 0 Å². The number of methoxy groups -OCH3 is 1. The van der Waals surface area contributed by atoms with E-state index < -0.39 is 0 Å². The van der Waals surface area contributed by atoms with Gasteiger partial charge in [0.25, 0.3) is 0 Å². The Balaban J connectivity index is 2.94. The Morgan fingerprint density at radius 3 is 2.81 bits per heavy atom. The summed E-state index contributed by atoms with van der Waals surface area (Å²) in [6.07, 6.45) is 0. The molecule has 0 heterocycles. The maximum Gasteiger partial charge on any atom is 0.172 e. The Morgan fingerprint density at radius 2 is 2.19 bits per heavy atom. The molecular formula is C11H17N3O2. The lowest BCUT2D eigenvalue weighted by Gasteiger charge is -2.21. The molecule has 0 radical (unpaired) electrons. The van der Waals surface area contributed by atoms with Gasteiger partial charge >= 0.3 is 0 Å². The van der Waals surface area contributed by atoms with Crippen molar-refractivity contribution in [1.82, 2.24) is 0 Å². The summed E-state index contributed by atoms with van der Waals surface area (Å²) >= 11 is 0. The first-order valence-electron chi connectivity index (χ1n) is 4.97. The van der Waals surface area contributed by atoms with E-state index in [1.165, 1.54) is 0 Å². The average molecular weight is 223 g/mol. The molecular weight excluding hydrogens is 206 g/mol. The zero-order valence-electron chi connectivity index (χ0n) is 9.55. The molecule has 0 saturated heterocycles. The summed E-state index contributed by atoms with van der Waals surface area (Å²) in [6, 6.07) is 7.49. The molecule has 0 spiro atoms. The minimum absolute atomic E-state index is 0.111. The Morgan fingerprint density at radius 1 is 1.50 bits per heavy atom. The minimum Gasteiger partial charge on any atom is -0.409 e. The van der Waals surface area contributed by atoms with Crippen LogP contribution in [0.5, 0.6) is 0 Å². The van der Waals surface area contributed by atoms with Gasteiger partial charge in [-0.25, -0.2) is 0 Å². The van der Waals surface area contributed by atoms with Crippen LogP contribution in [0.4, 0.5) is 5.69 Å². The van der Waals surface area contributed by atoms with Gasteiger partial charge in [-0.1, -0.05) is 17.3 Å². The molecule has 0 unspecified atom stereocenters. The van der Waals surface area contributed by atoms with Crippen LogP contribution >= 0.6 is 0 Å². The highest BCUT2D eigenvalue weighted by Crippen LogP contribution is 2.18. The molecule has 88 valence electrons. The van der Waals surface area contributed by atoms with Crippen LogP contribution in [-0.4, -0.2) is 38.4 Å². The van der Waals surface area contributed by atoms with Crippen LogP contribution in [0.25, 0.3) is 0 Å². The number of likely N-dealkylation sites (N-methyl/N-ethyl adjacent to an activating group) is 1. The van der Waals surface area contributed by atoms with Gasteiger partial charge in [-0.2, -0.15) is 0 Å². The number of nitrogens with two attached hydrogens (primary N) is 1. The summed E-state index contributed by atoms with van der Waals surface area (Å²) in [5.74, 6) is 0.111. The normalized spacial score (nSPS) is 11.5. The van der Waals surface area contributed by atoms with Gasteiger partial charge in [-0.3, -0.25) is 0 Å². The molecule has 0 fully saturated rings. The molecule has 5 heteroatoms. The molecule has 0 aliphatic heterocycles. The third-order valence-corrected chi connectivity index (χ3v) is 2.33. The van der Waals surface area contributed by atoms with Gasteiger partial charge in [-0.05, 0) is 12.1 Å². The molecule has 1 rings (SSSR count). The van der Waals surface area contributed by atoms with E-state index in [1.807, 2.05) is 36.2 Å². The summed E-state index contributed by atoms with van der Waals surface area (Å²) in [6.45, 7) is 1.37. The summed E-state index contributed by atoms with van der Waals surface area (Å²) in [5.41, 5.74) is 7.23. The van der Waals surface area contributed by atoms with Crippen molar-refractivity contribution in [3.05, 3.63) is 29.8 Å². The molecule has 0 amide bonds. The molecule has 3 N–H and O–H groups in total. The van der Waals surface area contributed by atoms with Crippen LogP contribution in [0.2, 0.25) is 0 Å². The number of nitrogens with zero attached hydrogens (tertiary/aromatic N) is 2. The lowest BCUT2D eigenvalue weighted by Crippen LogP contribution is -2.25. The van der Waals surface area contributed by atoms with Gasteiger partial charge in [-0.15, -0.1) is 0 Å². The van der Waals surface area contributed by atoms with E-state index in [4.69, 9.17) is 15.7 Å². The lowest BCUT2D eigenvalue weighted by molar-refractivity contribution is 0.206. The summed E-state index contributed by atoms with van der Waals surface area (Å²) in [5, 5.41) is 11.7. The molecule has 0 saturated carbocycles. The van der Waals surface area contributed by atoms with Gasteiger partial charge in [0.1, 0.15) is 0 Å². The summed E-state index contributed by atoms with van der Waals surface area (Å²) in [4.78, 5) is 2.00. The minimum atomic E-state index is 0.111. The van der Waals surface area contributed by atoms with Crippen molar-refractivity contribution in [3.8, 4) is 0 Å². The van der Waals surface area contributed by atoms with Gasteiger partial charge < -0.3 is 20.6 Å². The zero-order valence-corrected chi connectivity index (χ0v) is 9.55. The number of hydrogen-bond donors (Lipinski definition) is 2. The quantitative estimate of drug-likeness (QED) is 0.336. The molecule has 5 nitrogen and oxygen atoms in total. The molecule has 0 aromatic heterocycles. The predicted molar refractivity (Wildman–Crippen MR) is 64.1 cm³/mol. The average Bonchev–Trinajstić information content (AvgIpc) is 2.35. The fourth-order valence-electron chi connectivity index (χ4n) is 1.43. The number of anilines is 1. The Kier molecular flexibility index (Phi) is 4.60. The van der Waals surface area contributed by atoms with E-state index in [2.05, 4.69) is 5.16 Å². The molecule has 0 bridgehead atoms. The number of amidine groups is 1. The van der Waals surface area contributed by atoms with E-state index >= 15 is 0 Å². The number of ether oxygens (including phenoxy) is 1. The number of para-hydroxylation sites is 1. The number of oxime groups is 1. The van der Waals surface area contributed by atoms with Crippen molar-refractivity contribution >= 4 is 11.5 Å². The third-order valence-electron chi connectivity index (χ3n) is 2.33.